The van der Waals surface area contributed by atoms with Gasteiger partial charge in [-0.25, -0.2) is 0 Å². The van der Waals surface area contributed by atoms with Crippen LogP contribution in [0.4, 0.5) is 0 Å². The predicted octanol–water partition coefficient (Wildman–Crippen LogP) is 3.90. The molecule has 0 heterocycles. The van der Waals surface area contributed by atoms with E-state index in [1.165, 1.54) is 0 Å². The smallest absolute Gasteiger partial charge is 0.0465 e. The fourth-order valence-corrected chi connectivity index (χ4v) is 1.71. The van der Waals surface area contributed by atoms with Crippen molar-refractivity contribution >= 4 is 0 Å². The minimum absolute atomic E-state index is 0.522. The summed E-state index contributed by atoms with van der Waals surface area (Å²) in [6.07, 6.45) is 19.7. The van der Waals surface area contributed by atoms with Crippen molar-refractivity contribution in [1.29, 1.82) is 0 Å². The Bertz CT molecular complexity index is 268. The predicted molar refractivity (Wildman–Crippen MR) is 70.3 cm³/mol. The molecule has 0 aliphatic heterocycles. The standard InChI is InChI=1S/C15H22O/c1-14(10-6-5-9-13-16-2)15-11-7-3-4-8-12-15/h3-4,6-8,10-12,14-15H,5,9,13H2,1-2H3/b10-6-. The first-order valence-electron chi connectivity index (χ1n) is 6.02. The molecule has 0 aromatic rings. The average Bonchev–Trinajstić information content (AvgIpc) is 2.57. The number of allylic oxidation sites excluding steroid dienone is 8. The van der Waals surface area contributed by atoms with Gasteiger partial charge in [0, 0.05) is 19.6 Å². The Hall–Kier alpha value is -1.08. The van der Waals surface area contributed by atoms with E-state index >= 15 is 0 Å². The van der Waals surface area contributed by atoms with Crippen LogP contribution < -0.4 is 0 Å². The Morgan fingerprint density at radius 1 is 1.19 bits per heavy atom. The van der Waals surface area contributed by atoms with Gasteiger partial charge in [0.15, 0.2) is 0 Å². The fourth-order valence-electron chi connectivity index (χ4n) is 1.71. The second-order valence-corrected chi connectivity index (χ2v) is 4.15. The van der Waals surface area contributed by atoms with E-state index < -0.39 is 0 Å². The molecule has 1 rings (SSSR count). The van der Waals surface area contributed by atoms with Gasteiger partial charge < -0.3 is 4.74 Å². The van der Waals surface area contributed by atoms with Gasteiger partial charge in [0.05, 0.1) is 0 Å². The van der Waals surface area contributed by atoms with E-state index in [4.69, 9.17) is 4.74 Å². The average molecular weight is 218 g/mol. The molecule has 0 aromatic heterocycles. The molecule has 88 valence electrons. The molecule has 1 nitrogen and oxygen atoms in total. The molecule has 0 N–H and O–H groups in total. The highest BCUT2D eigenvalue weighted by Gasteiger charge is 2.07. The van der Waals surface area contributed by atoms with Gasteiger partial charge in [0.25, 0.3) is 0 Å². The Labute approximate surface area is 99.2 Å². The lowest BCUT2D eigenvalue weighted by atomic mass is 9.93. The molecule has 0 saturated heterocycles. The molecule has 0 saturated carbocycles. The molecule has 0 amide bonds. The third-order valence-electron chi connectivity index (χ3n) is 2.77. The first kappa shape index (κ1) is 13.0. The van der Waals surface area contributed by atoms with Crippen LogP contribution in [0.15, 0.2) is 48.6 Å². The van der Waals surface area contributed by atoms with Gasteiger partial charge in [-0.3, -0.25) is 0 Å². The quantitative estimate of drug-likeness (QED) is 0.485. The second kappa shape index (κ2) is 8.12. The molecule has 0 fully saturated rings. The van der Waals surface area contributed by atoms with Crippen molar-refractivity contribution in [2.75, 3.05) is 13.7 Å². The minimum Gasteiger partial charge on any atom is -0.385 e. The third-order valence-corrected chi connectivity index (χ3v) is 2.77. The monoisotopic (exact) mass is 218 g/mol. The molecule has 1 atom stereocenters. The second-order valence-electron chi connectivity index (χ2n) is 4.15. The fraction of sp³-hybridized carbons (Fsp3) is 0.467. The first-order valence-corrected chi connectivity index (χ1v) is 6.02. The van der Waals surface area contributed by atoms with E-state index in [1.807, 2.05) is 0 Å². The van der Waals surface area contributed by atoms with Crippen molar-refractivity contribution in [3.05, 3.63) is 48.6 Å². The van der Waals surface area contributed by atoms with E-state index in [0.717, 1.165) is 19.4 Å². The third kappa shape index (κ3) is 5.13. The molecular weight excluding hydrogens is 196 g/mol. The number of methoxy groups -OCH3 is 1. The van der Waals surface area contributed by atoms with Crippen LogP contribution in [-0.4, -0.2) is 13.7 Å². The van der Waals surface area contributed by atoms with Crippen LogP contribution in [-0.2, 0) is 4.74 Å². The summed E-state index contributed by atoms with van der Waals surface area (Å²) >= 11 is 0. The summed E-state index contributed by atoms with van der Waals surface area (Å²) in [6, 6.07) is 0. The number of hydrogen-bond acceptors (Lipinski definition) is 1. The Kier molecular flexibility index (Phi) is 6.59. The van der Waals surface area contributed by atoms with Gasteiger partial charge in [-0.15, -0.1) is 0 Å². The zero-order chi connectivity index (χ0) is 11.6. The largest absolute Gasteiger partial charge is 0.385 e. The van der Waals surface area contributed by atoms with E-state index in [0.29, 0.717) is 11.8 Å². The highest BCUT2D eigenvalue weighted by atomic mass is 16.5. The molecular formula is C15H22O. The molecule has 1 heteroatoms. The van der Waals surface area contributed by atoms with Crippen molar-refractivity contribution in [2.24, 2.45) is 11.8 Å². The molecule has 1 aliphatic rings. The van der Waals surface area contributed by atoms with Crippen LogP contribution in [0.5, 0.6) is 0 Å². The topological polar surface area (TPSA) is 9.23 Å². The van der Waals surface area contributed by atoms with Crippen molar-refractivity contribution in [3.63, 3.8) is 0 Å². The minimum atomic E-state index is 0.522. The molecule has 0 bridgehead atoms. The first-order chi connectivity index (χ1) is 7.84. The molecule has 1 unspecified atom stereocenters. The van der Waals surface area contributed by atoms with Crippen LogP contribution >= 0.6 is 0 Å². The van der Waals surface area contributed by atoms with Gasteiger partial charge in [0.2, 0.25) is 0 Å². The Balaban J connectivity index is 2.31. The maximum Gasteiger partial charge on any atom is 0.0465 e. The molecule has 0 aromatic carbocycles. The molecule has 1 aliphatic carbocycles. The lowest BCUT2D eigenvalue weighted by molar-refractivity contribution is 0.196. The van der Waals surface area contributed by atoms with Crippen LogP contribution in [0.2, 0.25) is 0 Å². The van der Waals surface area contributed by atoms with Crippen molar-refractivity contribution in [2.45, 2.75) is 19.8 Å². The zero-order valence-corrected chi connectivity index (χ0v) is 10.3. The van der Waals surface area contributed by atoms with E-state index in [-0.39, 0.29) is 0 Å². The number of rotatable bonds is 6. The molecule has 0 radical (unpaired) electrons. The number of unbranched alkanes of at least 4 members (excludes halogenated alkanes) is 1. The Morgan fingerprint density at radius 2 is 1.88 bits per heavy atom. The van der Waals surface area contributed by atoms with E-state index in [9.17, 15) is 0 Å². The molecule has 16 heavy (non-hydrogen) atoms. The van der Waals surface area contributed by atoms with Gasteiger partial charge in [-0.2, -0.15) is 0 Å². The van der Waals surface area contributed by atoms with Gasteiger partial charge >= 0.3 is 0 Å². The highest BCUT2D eigenvalue weighted by molar-refractivity contribution is 5.21. The van der Waals surface area contributed by atoms with Gasteiger partial charge in [-0.05, 0) is 18.8 Å². The summed E-state index contributed by atoms with van der Waals surface area (Å²) in [4.78, 5) is 0. The van der Waals surface area contributed by atoms with Gasteiger partial charge in [0.1, 0.15) is 0 Å². The van der Waals surface area contributed by atoms with Crippen LogP contribution in [0.1, 0.15) is 19.8 Å². The van der Waals surface area contributed by atoms with Crippen LogP contribution in [0, 0.1) is 11.8 Å². The van der Waals surface area contributed by atoms with E-state index in [1.54, 1.807) is 7.11 Å². The Morgan fingerprint density at radius 3 is 2.50 bits per heavy atom. The summed E-state index contributed by atoms with van der Waals surface area (Å²) in [7, 11) is 1.75. The zero-order valence-electron chi connectivity index (χ0n) is 10.3. The lowest BCUT2D eigenvalue weighted by Crippen LogP contribution is -2.03. The normalized spacial score (nSPS) is 18.1. The maximum atomic E-state index is 5.02. The van der Waals surface area contributed by atoms with Gasteiger partial charge in [-0.1, -0.05) is 55.5 Å². The summed E-state index contributed by atoms with van der Waals surface area (Å²) in [5, 5.41) is 0. The maximum absolute atomic E-state index is 5.02. The summed E-state index contributed by atoms with van der Waals surface area (Å²) in [5.74, 6) is 1.09. The highest BCUT2D eigenvalue weighted by Crippen LogP contribution is 2.18. The summed E-state index contributed by atoms with van der Waals surface area (Å²) < 4.78 is 5.02. The van der Waals surface area contributed by atoms with Crippen molar-refractivity contribution < 1.29 is 4.74 Å². The van der Waals surface area contributed by atoms with Crippen LogP contribution in [0.3, 0.4) is 0 Å². The molecule has 0 spiro atoms. The summed E-state index contributed by atoms with van der Waals surface area (Å²) in [6.45, 7) is 3.11. The number of hydrogen-bond donors (Lipinski definition) is 0. The number of ether oxygens (including phenoxy) is 1. The SMILES string of the molecule is COCCC/C=C\C(C)C1C=CC=CC=C1. The van der Waals surface area contributed by atoms with Crippen LogP contribution in [0.25, 0.3) is 0 Å². The lowest BCUT2D eigenvalue weighted by Gasteiger charge is -2.12. The van der Waals surface area contributed by atoms with Crippen molar-refractivity contribution in [1.82, 2.24) is 0 Å². The van der Waals surface area contributed by atoms with E-state index in [2.05, 4.69) is 55.5 Å². The summed E-state index contributed by atoms with van der Waals surface area (Å²) in [5.41, 5.74) is 0. The van der Waals surface area contributed by atoms with Crippen molar-refractivity contribution in [3.8, 4) is 0 Å².